The van der Waals surface area contributed by atoms with Crippen molar-refractivity contribution in [3.8, 4) is 0 Å². The molecule has 1 saturated heterocycles. The summed E-state index contributed by atoms with van der Waals surface area (Å²) in [6.07, 6.45) is 4.23. The maximum Gasteiger partial charge on any atom is 0.329 e. The number of hydrogen-bond acceptors (Lipinski definition) is 3. The second-order valence-electron chi connectivity index (χ2n) is 5.10. The van der Waals surface area contributed by atoms with Crippen molar-refractivity contribution in [2.45, 2.75) is 37.3 Å². The lowest BCUT2D eigenvalue weighted by Crippen LogP contribution is -2.60. The van der Waals surface area contributed by atoms with Crippen LogP contribution in [0.25, 0.3) is 0 Å². The predicted molar refractivity (Wildman–Crippen MR) is 68.9 cm³/mol. The van der Waals surface area contributed by atoms with Gasteiger partial charge in [-0.2, -0.15) is 0 Å². The van der Waals surface area contributed by atoms with Gasteiger partial charge in [-0.1, -0.05) is 6.08 Å². The average Bonchev–Trinajstić information content (AvgIpc) is 3.21. The Labute approximate surface area is 112 Å². The van der Waals surface area contributed by atoms with Crippen LogP contribution in [-0.4, -0.2) is 53.3 Å². The van der Waals surface area contributed by atoms with Crippen LogP contribution in [-0.2, 0) is 9.53 Å². The molecule has 1 aliphatic heterocycles. The number of urea groups is 1. The number of hydrogen-bond donors (Lipinski definition) is 2. The summed E-state index contributed by atoms with van der Waals surface area (Å²) in [6.45, 7) is 4.80. The van der Waals surface area contributed by atoms with E-state index in [4.69, 9.17) is 4.74 Å². The maximum absolute atomic E-state index is 12.3. The summed E-state index contributed by atoms with van der Waals surface area (Å²) in [6, 6.07) is -0.0876. The number of carboxylic acid groups (broad SMARTS) is 1. The monoisotopic (exact) mass is 268 g/mol. The molecule has 0 bridgehead atoms. The van der Waals surface area contributed by atoms with Gasteiger partial charge in [0.05, 0.1) is 0 Å². The van der Waals surface area contributed by atoms with E-state index in [1.165, 1.54) is 0 Å². The van der Waals surface area contributed by atoms with Crippen LogP contribution in [0.1, 0.15) is 25.7 Å². The fourth-order valence-electron chi connectivity index (χ4n) is 2.31. The zero-order valence-corrected chi connectivity index (χ0v) is 10.9. The highest BCUT2D eigenvalue weighted by Gasteiger charge is 2.43. The van der Waals surface area contributed by atoms with Gasteiger partial charge in [-0.3, -0.25) is 0 Å². The number of nitrogens with one attached hydrogen (secondary N) is 1. The van der Waals surface area contributed by atoms with Gasteiger partial charge in [-0.15, -0.1) is 6.58 Å². The zero-order valence-electron chi connectivity index (χ0n) is 10.9. The highest BCUT2D eigenvalue weighted by atomic mass is 16.5. The van der Waals surface area contributed by atoms with E-state index in [9.17, 15) is 14.7 Å². The molecule has 1 saturated carbocycles. The Morgan fingerprint density at radius 1 is 1.42 bits per heavy atom. The molecule has 0 radical (unpaired) electrons. The lowest BCUT2D eigenvalue weighted by Gasteiger charge is -2.35. The molecule has 2 rings (SSSR count). The fourth-order valence-corrected chi connectivity index (χ4v) is 2.31. The number of carbonyl (C=O) groups is 2. The lowest BCUT2D eigenvalue weighted by molar-refractivity contribution is -0.148. The van der Waals surface area contributed by atoms with Gasteiger partial charge < -0.3 is 20.1 Å². The summed E-state index contributed by atoms with van der Waals surface area (Å²) in [5.74, 6) is -0.987. The first kappa shape index (κ1) is 13.9. The Hall–Kier alpha value is -1.56. The van der Waals surface area contributed by atoms with Gasteiger partial charge in [0.1, 0.15) is 5.54 Å². The molecule has 6 nitrogen and oxygen atoms in total. The van der Waals surface area contributed by atoms with Gasteiger partial charge in [-0.25, -0.2) is 9.59 Å². The van der Waals surface area contributed by atoms with Crippen molar-refractivity contribution in [3.63, 3.8) is 0 Å². The van der Waals surface area contributed by atoms with Crippen LogP contribution in [0.2, 0.25) is 0 Å². The average molecular weight is 268 g/mol. The van der Waals surface area contributed by atoms with Gasteiger partial charge in [0.25, 0.3) is 0 Å². The minimum absolute atomic E-state index is 0.226. The minimum Gasteiger partial charge on any atom is -0.480 e. The molecule has 0 unspecified atom stereocenters. The summed E-state index contributed by atoms with van der Waals surface area (Å²) < 4.78 is 5.18. The van der Waals surface area contributed by atoms with Crippen LogP contribution < -0.4 is 5.32 Å². The van der Waals surface area contributed by atoms with Crippen LogP contribution in [0, 0.1) is 0 Å². The molecule has 19 heavy (non-hydrogen) atoms. The number of carbonyl (C=O) groups excluding carboxylic acids is 1. The molecular weight excluding hydrogens is 248 g/mol. The summed E-state index contributed by atoms with van der Waals surface area (Å²) in [4.78, 5) is 25.4. The summed E-state index contributed by atoms with van der Waals surface area (Å²) in [5, 5.41) is 12.1. The van der Waals surface area contributed by atoms with Crippen LogP contribution in [0.4, 0.5) is 4.79 Å². The molecule has 1 aliphatic carbocycles. The van der Waals surface area contributed by atoms with Gasteiger partial charge in [-0.05, 0) is 12.8 Å². The number of aliphatic carboxylic acids is 1. The Balaban J connectivity index is 2.05. The Morgan fingerprint density at radius 3 is 2.53 bits per heavy atom. The van der Waals surface area contributed by atoms with E-state index in [2.05, 4.69) is 11.9 Å². The first-order valence-corrected chi connectivity index (χ1v) is 6.60. The lowest BCUT2D eigenvalue weighted by atomic mass is 9.90. The molecule has 0 aromatic carbocycles. The molecule has 2 aliphatic rings. The molecule has 0 atom stereocenters. The van der Waals surface area contributed by atoms with Crippen molar-refractivity contribution in [2.24, 2.45) is 0 Å². The molecule has 0 spiro atoms. The third kappa shape index (κ3) is 3.07. The van der Waals surface area contributed by atoms with E-state index in [1.807, 2.05) is 0 Å². The van der Waals surface area contributed by atoms with Crippen LogP contribution >= 0.6 is 0 Å². The quantitative estimate of drug-likeness (QED) is 0.728. The van der Waals surface area contributed by atoms with E-state index in [1.54, 1.807) is 11.0 Å². The van der Waals surface area contributed by atoms with E-state index in [-0.39, 0.29) is 12.1 Å². The first-order valence-electron chi connectivity index (χ1n) is 6.60. The molecule has 1 heterocycles. The van der Waals surface area contributed by atoms with Gasteiger partial charge in [0.15, 0.2) is 0 Å². The Bertz CT molecular complexity index is 373. The van der Waals surface area contributed by atoms with Crippen molar-refractivity contribution in [3.05, 3.63) is 12.7 Å². The van der Waals surface area contributed by atoms with Gasteiger partial charge >= 0.3 is 12.0 Å². The summed E-state index contributed by atoms with van der Waals surface area (Å²) in [7, 11) is 0. The molecule has 0 aromatic rings. The number of rotatable bonds is 5. The standard InChI is InChI=1S/C13H20N2O4/c1-2-7-15(10-3-4-10)12(18)14-13(11(16)17)5-8-19-9-6-13/h2,10H,1,3-9H2,(H,14,18)(H,16,17). The van der Waals surface area contributed by atoms with Crippen molar-refractivity contribution in [1.29, 1.82) is 0 Å². The molecule has 6 heteroatoms. The molecule has 106 valence electrons. The second-order valence-corrected chi connectivity index (χ2v) is 5.10. The Kier molecular flexibility index (Phi) is 4.09. The summed E-state index contributed by atoms with van der Waals surface area (Å²) in [5.41, 5.74) is -1.19. The number of ether oxygens (including phenoxy) is 1. The van der Waals surface area contributed by atoms with Crippen molar-refractivity contribution in [2.75, 3.05) is 19.8 Å². The minimum atomic E-state index is -1.19. The van der Waals surface area contributed by atoms with E-state index in [0.717, 1.165) is 12.8 Å². The van der Waals surface area contributed by atoms with Crippen molar-refractivity contribution < 1.29 is 19.4 Å². The van der Waals surface area contributed by atoms with E-state index >= 15 is 0 Å². The highest BCUT2D eigenvalue weighted by Crippen LogP contribution is 2.28. The van der Waals surface area contributed by atoms with Crippen LogP contribution in [0.5, 0.6) is 0 Å². The predicted octanol–water partition coefficient (Wildman–Crippen LogP) is 0.980. The number of nitrogens with zero attached hydrogens (tertiary/aromatic N) is 1. The van der Waals surface area contributed by atoms with Crippen LogP contribution in [0.3, 0.4) is 0 Å². The maximum atomic E-state index is 12.3. The molecule has 2 amide bonds. The molecule has 2 fully saturated rings. The fraction of sp³-hybridized carbons (Fsp3) is 0.692. The SMILES string of the molecule is C=CCN(C(=O)NC1(C(=O)O)CCOCC1)C1CC1. The Morgan fingerprint density at radius 2 is 2.05 bits per heavy atom. The molecule has 2 N–H and O–H groups in total. The van der Waals surface area contributed by atoms with Crippen molar-refractivity contribution >= 4 is 12.0 Å². The number of amides is 2. The van der Waals surface area contributed by atoms with Gasteiger partial charge in [0.2, 0.25) is 0 Å². The van der Waals surface area contributed by atoms with E-state index < -0.39 is 11.5 Å². The third-order valence-corrected chi connectivity index (χ3v) is 3.68. The van der Waals surface area contributed by atoms with Gasteiger partial charge in [0, 0.05) is 38.6 Å². The molecular formula is C13H20N2O4. The third-order valence-electron chi connectivity index (χ3n) is 3.68. The smallest absolute Gasteiger partial charge is 0.329 e. The number of carboxylic acids is 1. The molecule has 0 aromatic heterocycles. The normalized spacial score (nSPS) is 21.5. The first-order chi connectivity index (χ1) is 9.09. The van der Waals surface area contributed by atoms with E-state index in [0.29, 0.717) is 32.6 Å². The zero-order chi connectivity index (χ0) is 13.9. The highest BCUT2D eigenvalue weighted by molar-refractivity contribution is 5.86. The second kappa shape index (κ2) is 5.61. The van der Waals surface area contributed by atoms with Crippen LogP contribution in [0.15, 0.2) is 12.7 Å². The largest absolute Gasteiger partial charge is 0.480 e. The summed E-state index contributed by atoms with van der Waals surface area (Å²) >= 11 is 0. The van der Waals surface area contributed by atoms with Crippen molar-refractivity contribution in [1.82, 2.24) is 10.2 Å². The topological polar surface area (TPSA) is 78.9 Å².